The van der Waals surface area contributed by atoms with Gasteiger partial charge in [-0.2, -0.15) is 0 Å². The van der Waals surface area contributed by atoms with E-state index in [1.54, 1.807) is 24.3 Å². The van der Waals surface area contributed by atoms with Gasteiger partial charge in [0.25, 0.3) is 0 Å². The first-order valence-corrected chi connectivity index (χ1v) is 9.05. The average molecular weight is 311 g/mol. The summed E-state index contributed by atoms with van der Waals surface area (Å²) in [5.41, 5.74) is 6.14. The highest BCUT2D eigenvalue weighted by Gasteiger charge is 2.39. The molecule has 3 unspecified atom stereocenters. The largest absolute Gasteiger partial charge is 0.495 e. The fourth-order valence-electron chi connectivity index (χ4n) is 3.16. The Morgan fingerprint density at radius 2 is 1.90 bits per heavy atom. The molecule has 4 nitrogen and oxygen atoms in total. The Morgan fingerprint density at radius 3 is 2.52 bits per heavy atom. The van der Waals surface area contributed by atoms with Crippen molar-refractivity contribution in [1.29, 1.82) is 0 Å². The lowest BCUT2D eigenvalue weighted by atomic mass is 9.79. The molecule has 1 fully saturated rings. The Kier molecular flexibility index (Phi) is 4.94. The Morgan fingerprint density at radius 1 is 1.24 bits per heavy atom. The van der Waals surface area contributed by atoms with Crippen molar-refractivity contribution in [2.75, 3.05) is 7.11 Å². The molecule has 3 atom stereocenters. The molecular weight excluding hydrogens is 286 g/mol. The first-order valence-electron chi connectivity index (χ1n) is 7.50. The van der Waals surface area contributed by atoms with Crippen LogP contribution >= 0.6 is 0 Å². The third kappa shape index (κ3) is 3.24. The lowest BCUT2D eigenvalue weighted by Crippen LogP contribution is -2.46. The zero-order valence-corrected chi connectivity index (χ0v) is 13.8. The SMILES string of the molecule is COc1ccccc1S(=O)(=O)C1CC(C(C)C)CCC1N. The summed E-state index contributed by atoms with van der Waals surface area (Å²) in [7, 11) is -1.98. The van der Waals surface area contributed by atoms with Crippen LogP contribution in [0.2, 0.25) is 0 Å². The topological polar surface area (TPSA) is 69.4 Å². The van der Waals surface area contributed by atoms with E-state index >= 15 is 0 Å². The summed E-state index contributed by atoms with van der Waals surface area (Å²) in [5.74, 6) is 1.29. The summed E-state index contributed by atoms with van der Waals surface area (Å²) in [6.07, 6.45) is 2.41. The second-order valence-electron chi connectivity index (χ2n) is 6.22. The van der Waals surface area contributed by atoms with Crippen LogP contribution in [0.25, 0.3) is 0 Å². The molecule has 1 saturated carbocycles. The molecule has 0 aromatic heterocycles. The van der Waals surface area contributed by atoms with Crippen molar-refractivity contribution in [3.8, 4) is 5.75 Å². The fraction of sp³-hybridized carbons (Fsp3) is 0.625. The maximum Gasteiger partial charge on any atom is 0.186 e. The number of methoxy groups -OCH3 is 1. The van der Waals surface area contributed by atoms with Gasteiger partial charge in [-0.15, -0.1) is 0 Å². The van der Waals surface area contributed by atoms with E-state index in [2.05, 4.69) is 13.8 Å². The van der Waals surface area contributed by atoms with E-state index in [1.165, 1.54) is 7.11 Å². The summed E-state index contributed by atoms with van der Waals surface area (Å²) in [5, 5.41) is -0.519. The van der Waals surface area contributed by atoms with E-state index in [-0.39, 0.29) is 10.9 Å². The number of benzene rings is 1. The molecule has 0 bridgehead atoms. The van der Waals surface area contributed by atoms with Crippen molar-refractivity contribution in [3.63, 3.8) is 0 Å². The quantitative estimate of drug-likeness (QED) is 0.928. The van der Waals surface area contributed by atoms with Gasteiger partial charge in [0, 0.05) is 6.04 Å². The number of nitrogens with two attached hydrogens (primary N) is 1. The van der Waals surface area contributed by atoms with Crippen LogP contribution in [0.5, 0.6) is 5.75 Å². The number of rotatable bonds is 4. The molecule has 0 amide bonds. The van der Waals surface area contributed by atoms with Crippen molar-refractivity contribution >= 4 is 9.84 Å². The van der Waals surface area contributed by atoms with Gasteiger partial charge in [0.2, 0.25) is 0 Å². The zero-order valence-electron chi connectivity index (χ0n) is 13.0. The number of ether oxygens (including phenoxy) is 1. The molecule has 5 heteroatoms. The minimum absolute atomic E-state index is 0.261. The first-order chi connectivity index (χ1) is 9.87. The highest BCUT2D eigenvalue weighted by atomic mass is 32.2. The highest BCUT2D eigenvalue weighted by molar-refractivity contribution is 7.92. The first kappa shape index (κ1) is 16.3. The van der Waals surface area contributed by atoms with Gasteiger partial charge in [0.15, 0.2) is 9.84 Å². The number of sulfone groups is 1. The van der Waals surface area contributed by atoms with Gasteiger partial charge in [-0.25, -0.2) is 8.42 Å². The predicted octanol–water partition coefficient (Wildman–Crippen LogP) is 2.62. The lowest BCUT2D eigenvalue weighted by Gasteiger charge is -2.35. The second kappa shape index (κ2) is 6.36. The molecule has 0 aliphatic heterocycles. The van der Waals surface area contributed by atoms with Gasteiger partial charge in [-0.3, -0.25) is 0 Å². The third-order valence-corrected chi connectivity index (χ3v) is 6.89. The van der Waals surface area contributed by atoms with Crippen LogP contribution in [-0.2, 0) is 9.84 Å². The molecule has 0 radical (unpaired) electrons. The lowest BCUT2D eigenvalue weighted by molar-refractivity contribution is 0.260. The van der Waals surface area contributed by atoms with Crippen molar-refractivity contribution in [3.05, 3.63) is 24.3 Å². The van der Waals surface area contributed by atoms with E-state index in [0.717, 1.165) is 12.8 Å². The van der Waals surface area contributed by atoms with E-state index in [0.29, 0.717) is 24.0 Å². The Hall–Kier alpha value is -1.07. The molecule has 0 heterocycles. The van der Waals surface area contributed by atoms with Crippen molar-refractivity contribution in [2.45, 2.75) is 49.3 Å². The number of hydrogen-bond donors (Lipinski definition) is 1. The summed E-state index contributed by atoms with van der Waals surface area (Å²) < 4.78 is 31.2. The van der Waals surface area contributed by atoms with E-state index in [4.69, 9.17) is 10.5 Å². The van der Waals surface area contributed by atoms with Crippen LogP contribution in [0.1, 0.15) is 33.1 Å². The Labute approximate surface area is 127 Å². The summed E-state index contributed by atoms with van der Waals surface area (Å²) in [6.45, 7) is 4.29. The number of para-hydroxylation sites is 1. The smallest absolute Gasteiger partial charge is 0.186 e. The van der Waals surface area contributed by atoms with Crippen LogP contribution in [-0.4, -0.2) is 26.8 Å². The monoisotopic (exact) mass is 311 g/mol. The molecule has 118 valence electrons. The van der Waals surface area contributed by atoms with Crippen molar-refractivity contribution in [1.82, 2.24) is 0 Å². The molecule has 0 spiro atoms. The van der Waals surface area contributed by atoms with Gasteiger partial charge in [0.05, 0.1) is 12.4 Å². The zero-order chi connectivity index (χ0) is 15.6. The number of hydrogen-bond acceptors (Lipinski definition) is 4. The van der Waals surface area contributed by atoms with Crippen LogP contribution in [0.3, 0.4) is 0 Å². The van der Waals surface area contributed by atoms with E-state index in [1.807, 2.05) is 0 Å². The van der Waals surface area contributed by atoms with Gasteiger partial charge in [-0.1, -0.05) is 26.0 Å². The molecule has 1 aromatic rings. The molecule has 0 saturated heterocycles. The van der Waals surface area contributed by atoms with Gasteiger partial charge in [0.1, 0.15) is 10.6 Å². The standard InChI is InChI=1S/C16H25NO3S/c1-11(2)12-8-9-13(17)16(10-12)21(18,19)15-7-5-4-6-14(15)20-3/h4-7,11-13,16H,8-10,17H2,1-3H3. The molecule has 1 aliphatic rings. The summed E-state index contributed by atoms with van der Waals surface area (Å²) >= 11 is 0. The summed E-state index contributed by atoms with van der Waals surface area (Å²) in [4.78, 5) is 0.261. The predicted molar refractivity (Wildman–Crippen MR) is 84.1 cm³/mol. The van der Waals surface area contributed by atoms with Gasteiger partial charge >= 0.3 is 0 Å². The van der Waals surface area contributed by atoms with E-state index in [9.17, 15) is 8.42 Å². The van der Waals surface area contributed by atoms with Gasteiger partial charge < -0.3 is 10.5 Å². The maximum absolute atomic E-state index is 13.0. The Balaban J connectivity index is 2.37. The van der Waals surface area contributed by atoms with Crippen LogP contribution in [0.15, 0.2) is 29.2 Å². The van der Waals surface area contributed by atoms with Crippen molar-refractivity contribution in [2.24, 2.45) is 17.6 Å². The summed E-state index contributed by atoms with van der Waals surface area (Å²) in [6, 6.07) is 6.50. The molecule has 1 aliphatic carbocycles. The maximum atomic E-state index is 13.0. The fourth-order valence-corrected chi connectivity index (χ4v) is 5.29. The minimum Gasteiger partial charge on any atom is -0.495 e. The van der Waals surface area contributed by atoms with E-state index < -0.39 is 15.1 Å². The minimum atomic E-state index is -3.47. The average Bonchev–Trinajstić information content (AvgIpc) is 2.47. The second-order valence-corrected chi connectivity index (χ2v) is 8.35. The van der Waals surface area contributed by atoms with Crippen LogP contribution < -0.4 is 10.5 Å². The molecule has 2 rings (SSSR count). The van der Waals surface area contributed by atoms with Crippen molar-refractivity contribution < 1.29 is 13.2 Å². The molecule has 2 N–H and O–H groups in total. The normalized spacial score (nSPS) is 26.8. The highest BCUT2D eigenvalue weighted by Crippen LogP contribution is 2.37. The molecular formula is C16H25NO3S. The van der Waals surface area contributed by atoms with Gasteiger partial charge in [-0.05, 0) is 43.2 Å². The third-order valence-electron chi connectivity index (χ3n) is 4.60. The molecule has 21 heavy (non-hydrogen) atoms. The molecule has 1 aromatic carbocycles. The van der Waals surface area contributed by atoms with Crippen LogP contribution in [0, 0.1) is 11.8 Å². The Bertz CT molecular complexity index is 583. The van der Waals surface area contributed by atoms with Crippen LogP contribution in [0.4, 0.5) is 0 Å².